The molecule has 3 heterocycles. The maximum absolute atomic E-state index is 11.9. The molecular weight excluding hydrogens is 282 g/mol. The van der Waals surface area contributed by atoms with Gasteiger partial charge in [-0.05, 0) is 0 Å². The largest absolute Gasteiger partial charge is 0.492 e. The fourth-order valence-electron chi connectivity index (χ4n) is 2.67. The summed E-state index contributed by atoms with van der Waals surface area (Å²) in [7, 11) is 1.35. The first-order chi connectivity index (χ1) is 10.8. The lowest BCUT2D eigenvalue weighted by molar-refractivity contribution is 0.0596. The zero-order chi connectivity index (χ0) is 15.1. The van der Waals surface area contributed by atoms with Crippen LogP contribution in [0.1, 0.15) is 15.9 Å². The van der Waals surface area contributed by atoms with Gasteiger partial charge in [-0.25, -0.2) is 14.3 Å². The molecule has 3 aromatic rings. The van der Waals surface area contributed by atoms with Gasteiger partial charge >= 0.3 is 5.97 Å². The Hall–Kier alpha value is -2.89. The number of rotatable bonds is 2. The molecule has 0 unspecified atom stereocenters. The van der Waals surface area contributed by atoms with Gasteiger partial charge in [0, 0.05) is 23.7 Å². The van der Waals surface area contributed by atoms with Crippen LogP contribution in [0.25, 0.3) is 17.0 Å². The van der Waals surface area contributed by atoms with Crippen molar-refractivity contribution in [3.05, 3.63) is 47.7 Å². The number of benzene rings is 1. The summed E-state index contributed by atoms with van der Waals surface area (Å²) in [4.78, 5) is 16.5. The zero-order valence-electron chi connectivity index (χ0n) is 11.9. The van der Waals surface area contributed by atoms with E-state index < -0.39 is 5.97 Å². The second-order valence-electron chi connectivity index (χ2n) is 5.01. The number of aromatic nitrogens is 3. The van der Waals surface area contributed by atoms with Gasteiger partial charge in [-0.1, -0.05) is 30.3 Å². The topological polar surface area (TPSA) is 65.7 Å². The smallest absolute Gasteiger partial charge is 0.343 e. The molecule has 0 amide bonds. The van der Waals surface area contributed by atoms with Crippen LogP contribution in [0.2, 0.25) is 0 Å². The van der Waals surface area contributed by atoms with Crippen molar-refractivity contribution in [3.8, 4) is 17.1 Å². The molecule has 0 saturated heterocycles. The lowest BCUT2D eigenvalue weighted by Crippen LogP contribution is -2.06. The first-order valence-electron chi connectivity index (χ1n) is 6.96. The average molecular weight is 295 g/mol. The molecule has 6 heteroatoms. The maximum atomic E-state index is 11.9. The predicted octanol–water partition coefficient (Wildman–Crippen LogP) is 2.12. The quantitative estimate of drug-likeness (QED) is 0.677. The summed E-state index contributed by atoms with van der Waals surface area (Å²) in [6, 6.07) is 9.72. The molecule has 1 aliphatic heterocycles. The van der Waals surface area contributed by atoms with Gasteiger partial charge in [-0.3, -0.25) is 0 Å². The normalized spacial score (nSPS) is 13.0. The monoisotopic (exact) mass is 295 g/mol. The highest BCUT2D eigenvalue weighted by atomic mass is 16.5. The molecule has 22 heavy (non-hydrogen) atoms. The van der Waals surface area contributed by atoms with Crippen LogP contribution in [0.4, 0.5) is 0 Å². The highest BCUT2D eigenvalue weighted by Gasteiger charge is 2.26. The number of fused-ring (bicyclic) bond motifs is 3. The number of nitrogens with zero attached hydrogens (tertiary/aromatic N) is 3. The maximum Gasteiger partial charge on any atom is 0.343 e. The van der Waals surface area contributed by atoms with E-state index in [0.29, 0.717) is 30.2 Å². The molecule has 1 aromatic carbocycles. The van der Waals surface area contributed by atoms with Crippen LogP contribution < -0.4 is 4.74 Å². The Morgan fingerprint density at radius 3 is 2.91 bits per heavy atom. The first-order valence-corrected chi connectivity index (χ1v) is 6.96. The van der Waals surface area contributed by atoms with E-state index in [9.17, 15) is 4.79 Å². The molecule has 0 bridgehead atoms. The lowest BCUT2D eigenvalue weighted by Gasteiger charge is -2.06. The van der Waals surface area contributed by atoms with E-state index in [1.165, 1.54) is 7.11 Å². The van der Waals surface area contributed by atoms with E-state index in [1.54, 1.807) is 10.7 Å². The van der Waals surface area contributed by atoms with Crippen molar-refractivity contribution in [2.75, 3.05) is 13.7 Å². The molecule has 0 radical (unpaired) electrons. The summed E-state index contributed by atoms with van der Waals surface area (Å²) in [5, 5.41) is 4.48. The molecule has 2 aromatic heterocycles. The standard InChI is InChI=1S/C16H13N3O3/c1-21-16(20)12-9-19-15(11-7-8-22-13(11)12)17-14(18-19)10-5-3-2-4-6-10/h2-6,9H,7-8H2,1H3. The molecule has 0 saturated carbocycles. The second kappa shape index (κ2) is 4.84. The van der Waals surface area contributed by atoms with Crippen molar-refractivity contribution >= 4 is 11.6 Å². The number of carbonyl (C=O) groups excluding carboxylic acids is 1. The Balaban J connectivity index is 1.95. The van der Waals surface area contributed by atoms with Gasteiger partial charge < -0.3 is 9.47 Å². The summed E-state index contributed by atoms with van der Waals surface area (Å²) in [6.07, 6.45) is 2.32. The summed E-state index contributed by atoms with van der Waals surface area (Å²) < 4.78 is 12.0. The first kappa shape index (κ1) is 12.8. The minimum Gasteiger partial charge on any atom is -0.492 e. The number of methoxy groups -OCH3 is 1. The van der Waals surface area contributed by atoms with E-state index in [0.717, 1.165) is 16.8 Å². The average Bonchev–Trinajstić information content (AvgIpc) is 3.20. The Morgan fingerprint density at radius 1 is 1.32 bits per heavy atom. The van der Waals surface area contributed by atoms with Gasteiger partial charge in [-0.2, -0.15) is 0 Å². The van der Waals surface area contributed by atoms with Crippen molar-refractivity contribution in [1.82, 2.24) is 14.6 Å². The fraction of sp³-hybridized carbons (Fsp3) is 0.188. The predicted molar refractivity (Wildman–Crippen MR) is 79.0 cm³/mol. The van der Waals surface area contributed by atoms with Gasteiger partial charge in [0.05, 0.1) is 13.7 Å². The van der Waals surface area contributed by atoms with Crippen LogP contribution >= 0.6 is 0 Å². The molecule has 0 N–H and O–H groups in total. The van der Waals surface area contributed by atoms with Crippen LogP contribution in [0.5, 0.6) is 5.75 Å². The van der Waals surface area contributed by atoms with E-state index in [4.69, 9.17) is 9.47 Å². The van der Waals surface area contributed by atoms with E-state index in [2.05, 4.69) is 10.1 Å². The van der Waals surface area contributed by atoms with Crippen molar-refractivity contribution in [2.24, 2.45) is 0 Å². The Kier molecular flexibility index (Phi) is 2.82. The number of hydrogen-bond acceptors (Lipinski definition) is 5. The second-order valence-corrected chi connectivity index (χ2v) is 5.01. The van der Waals surface area contributed by atoms with Crippen molar-refractivity contribution in [2.45, 2.75) is 6.42 Å². The number of ether oxygens (including phenoxy) is 2. The molecule has 6 nitrogen and oxygen atoms in total. The molecular formula is C16H13N3O3. The fourth-order valence-corrected chi connectivity index (χ4v) is 2.67. The third-order valence-electron chi connectivity index (χ3n) is 3.71. The molecule has 110 valence electrons. The van der Waals surface area contributed by atoms with Crippen LogP contribution in [0, 0.1) is 0 Å². The number of esters is 1. The minimum atomic E-state index is -0.434. The molecule has 1 aliphatic rings. The molecule has 0 fully saturated rings. The minimum absolute atomic E-state index is 0.381. The highest BCUT2D eigenvalue weighted by Crippen LogP contribution is 2.33. The van der Waals surface area contributed by atoms with E-state index in [-0.39, 0.29) is 0 Å². The summed E-state index contributed by atoms with van der Waals surface area (Å²) >= 11 is 0. The van der Waals surface area contributed by atoms with Gasteiger partial charge in [0.25, 0.3) is 0 Å². The summed E-state index contributed by atoms with van der Waals surface area (Å²) in [6.45, 7) is 0.534. The Morgan fingerprint density at radius 2 is 2.14 bits per heavy atom. The van der Waals surface area contributed by atoms with Gasteiger partial charge in [0.1, 0.15) is 11.3 Å². The molecule has 0 aliphatic carbocycles. The Labute approximate surface area is 126 Å². The third kappa shape index (κ3) is 1.84. The molecule has 0 spiro atoms. The number of hydrogen-bond donors (Lipinski definition) is 0. The number of carbonyl (C=O) groups is 1. The van der Waals surface area contributed by atoms with Crippen LogP contribution in [0.15, 0.2) is 36.5 Å². The highest BCUT2D eigenvalue weighted by molar-refractivity contribution is 5.94. The third-order valence-corrected chi connectivity index (χ3v) is 3.71. The summed E-state index contributed by atoms with van der Waals surface area (Å²) in [5.41, 5.74) is 2.93. The number of pyridine rings is 1. The van der Waals surface area contributed by atoms with Gasteiger partial charge in [0.2, 0.25) is 0 Å². The van der Waals surface area contributed by atoms with Gasteiger partial charge in [0.15, 0.2) is 11.5 Å². The van der Waals surface area contributed by atoms with Crippen LogP contribution in [-0.2, 0) is 11.2 Å². The zero-order valence-corrected chi connectivity index (χ0v) is 11.9. The lowest BCUT2D eigenvalue weighted by atomic mass is 10.1. The van der Waals surface area contributed by atoms with Crippen molar-refractivity contribution in [3.63, 3.8) is 0 Å². The van der Waals surface area contributed by atoms with Crippen LogP contribution in [0.3, 0.4) is 0 Å². The summed E-state index contributed by atoms with van der Waals surface area (Å²) in [5.74, 6) is 0.750. The van der Waals surface area contributed by atoms with Crippen molar-refractivity contribution in [1.29, 1.82) is 0 Å². The van der Waals surface area contributed by atoms with Gasteiger partial charge in [-0.15, -0.1) is 5.10 Å². The van der Waals surface area contributed by atoms with Crippen LogP contribution in [-0.4, -0.2) is 34.3 Å². The molecule has 0 atom stereocenters. The SMILES string of the molecule is COC(=O)c1cn2nc(-c3ccccc3)nc2c2c1OCC2. The van der Waals surface area contributed by atoms with E-state index >= 15 is 0 Å². The molecule has 4 rings (SSSR count). The van der Waals surface area contributed by atoms with Crippen molar-refractivity contribution < 1.29 is 14.3 Å². The Bertz CT molecular complexity index is 871. The van der Waals surface area contributed by atoms with E-state index in [1.807, 2.05) is 30.3 Å².